The number of fused-ring (bicyclic) bond motifs is 2. The van der Waals surface area contributed by atoms with Gasteiger partial charge in [-0.3, -0.25) is 0 Å². The SMILES string of the molecule is CCc1c(C)nc2c(ncn2C2CCc3cc(-c4ccccc4C(=O)OC)ccc32)c1C. The van der Waals surface area contributed by atoms with E-state index in [0.29, 0.717) is 5.56 Å². The summed E-state index contributed by atoms with van der Waals surface area (Å²) in [5.74, 6) is -0.313. The van der Waals surface area contributed by atoms with Crippen LogP contribution in [0.5, 0.6) is 0 Å². The molecular formula is C27H27N3O2. The van der Waals surface area contributed by atoms with Crippen LogP contribution in [0.25, 0.3) is 22.3 Å². The minimum absolute atomic E-state index is 0.221. The maximum atomic E-state index is 12.2. The molecule has 0 aliphatic heterocycles. The highest BCUT2D eigenvalue weighted by atomic mass is 16.5. The number of imidazole rings is 1. The zero-order valence-corrected chi connectivity index (χ0v) is 19.0. The number of benzene rings is 2. The van der Waals surface area contributed by atoms with E-state index >= 15 is 0 Å². The van der Waals surface area contributed by atoms with E-state index in [9.17, 15) is 4.79 Å². The predicted octanol–water partition coefficient (Wildman–Crippen LogP) is 5.60. The third-order valence-corrected chi connectivity index (χ3v) is 6.81. The Morgan fingerprint density at radius 2 is 2.00 bits per heavy atom. The van der Waals surface area contributed by atoms with Gasteiger partial charge in [0.25, 0.3) is 0 Å². The van der Waals surface area contributed by atoms with Crippen LogP contribution in [-0.4, -0.2) is 27.6 Å². The fourth-order valence-electron chi connectivity index (χ4n) is 5.19. The molecule has 1 aliphatic carbocycles. The largest absolute Gasteiger partial charge is 0.465 e. The first-order chi connectivity index (χ1) is 15.5. The Labute approximate surface area is 188 Å². The maximum absolute atomic E-state index is 12.2. The zero-order chi connectivity index (χ0) is 22.4. The van der Waals surface area contributed by atoms with Crippen molar-refractivity contribution in [3.63, 3.8) is 0 Å². The van der Waals surface area contributed by atoms with Crippen LogP contribution >= 0.6 is 0 Å². The standard InChI is InChI=1S/C27H27N3O2/c1-5-20-16(2)25-26(29-17(20)3)30(15-28-25)24-13-11-19-14-18(10-12-22(19)24)21-8-6-7-9-23(21)27(31)32-4/h6-10,12,14-15,24H,5,11,13H2,1-4H3. The Kier molecular flexibility index (Phi) is 5.04. The topological polar surface area (TPSA) is 57.0 Å². The molecule has 0 spiro atoms. The number of carbonyl (C=O) groups is 1. The van der Waals surface area contributed by atoms with Crippen molar-refractivity contribution in [1.29, 1.82) is 0 Å². The van der Waals surface area contributed by atoms with Gasteiger partial charge < -0.3 is 9.30 Å². The van der Waals surface area contributed by atoms with Gasteiger partial charge in [0.2, 0.25) is 0 Å². The Balaban J connectivity index is 1.57. The van der Waals surface area contributed by atoms with Gasteiger partial charge in [0.15, 0.2) is 5.65 Å². The van der Waals surface area contributed by atoms with E-state index in [2.05, 4.69) is 43.5 Å². The quantitative estimate of drug-likeness (QED) is 0.399. The molecule has 5 heteroatoms. The summed E-state index contributed by atoms with van der Waals surface area (Å²) in [6, 6.07) is 14.4. The van der Waals surface area contributed by atoms with Crippen LogP contribution in [0, 0.1) is 13.8 Å². The summed E-state index contributed by atoms with van der Waals surface area (Å²) in [4.78, 5) is 21.9. The third kappa shape index (κ3) is 3.11. The molecular weight excluding hydrogens is 398 g/mol. The van der Waals surface area contributed by atoms with Gasteiger partial charge in [-0.05, 0) is 72.6 Å². The first-order valence-corrected chi connectivity index (χ1v) is 11.2. The summed E-state index contributed by atoms with van der Waals surface area (Å²) >= 11 is 0. The molecule has 1 unspecified atom stereocenters. The first kappa shape index (κ1) is 20.4. The average Bonchev–Trinajstić information content (AvgIpc) is 3.42. The van der Waals surface area contributed by atoms with E-state index < -0.39 is 0 Å². The van der Waals surface area contributed by atoms with E-state index in [4.69, 9.17) is 14.7 Å². The molecule has 1 atom stereocenters. The van der Waals surface area contributed by atoms with E-state index in [-0.39, 0.29) is 12.0 Å². The molecule has 0 bridgehead atoms. The van der Waals surface area contributed by atoms with Crippen LogP contribution in [0.1, 0.15) is 57.7 Å². The van der Waals surface area contributed by atoms with Crippen molar-refractivity contribution in [3.8, 4) is 11.1 Å². The van der Waals surface area contributed by atoms with Crippen molar-refractivity contribution in [1.82, 2.24) is 14.5 Å². The molecule has 162 valence electrons. The van der Waals surface area contributed by atoms with Crippen LogP contribution in [0.4, 0.5) is 0 Å². The Bertz CT molecular complexity index is 1350. The molecule has 2 aromatic heterocycles. The molecule has 0 radical (unpaired) electrons. The number of methoxy groups -OCH3 is 1. The van der Waals surface area contributed by atoms with E-state index in [1.54, 1.807) is 0 Å². The van der Waals surface area contributed by atoms with E-state index in [1.807, 2.05) is 30.6 Å². The lowest BCUT2D eigenvalue weighted by Gasteiger charge is -2.16. The predicted molar refractivity (Wildman–Crippen MR) is 126 cm³/mol. The second kappa shape index (κ2) is 7.90. The van der Waals surface area contributed by atoms with Gasteiger partial charge in [-0.2, -0.15) is 0 Å². The van der Waals surface area contributed by atoms with Gasteiger partial charge >= 0.3 is 5.97 Å². The van der Waals surface area contributed by atoms with E-state index in [1.165, 1.54) is 29.4 Å². The first-order valence-electron chi connectivity index (χ1n) is 11.2. The number of carbonyl (C=O) groups excluding carboxylic acids is 1. The van der Waals surface area contributed by atoms with Gasteiger partial charge in [0, 0.05) is 5.69 Å². The minimum Gasteiger partial charge on any atom is -0.465 e. The molecule has 5 rings (SSSR count). The summed E-state index contributed by atoms with van der Waals surface area (Å²) in [5.41, 5.74) is 10.7. The van der Waals surface area contributed by atoms with Crippen molar-refractivity contribution < 1.29 is 9.53 Å². The molecule has 2 heterocycles. The van der Waals surface area contributed by atoms with Crippen molar-refractivity contribution in [2.75, 3.05) is 7.11 Å². The van der Waals surface area contributed by atoms with Crippen LogP contribution in [0.2, 0.25) is 0 Å². The number of nitrogens with zero attached hydrogens (tertiary/aromatic N) is 3. The number of ether oxygens (including phenoxy) is 1. The highest BCUT2D eigenvalue weighted by Crippen LogP contribution is 2.39. The van der Waals surface area contributed by atoms with Crippen molar-refractivity contribution >= 4 is 17.1 Å². The molecule has 5 nitrogen and oxygen atoms in total. The molecule has 0 N–H and O–H groups in total. The fraction of sp³-hybridized carbons (Fsp3) is 0.296. The summed E-state index contributed by atoms with van der Waals surface area (Å²) < 4.78 is 7.22. The number of esters is 1. The Hall–Kier alpha value is -3.47. The highest BCUT2D eigenvalue weighted by molar-refractivity contribution is 5.97. The molecule has 4 aromatic rings. The van der Waals surface area contributed by atoms with Crippen LogP contribution in [0.15, 0.2) is 48.8 Å². The van der Waals surface area contributed by atoms with Gasteiger partial charge in [0.1, 0.15) is 5.52 Å². The number of pyridine rings is 1. The Morgan fingerprint density at radius 1 is 1.19 bits per heavy atom. The number of aromatic nitrogens is 3. The monoisotopic (exact) mass is 425 g/mol. The molecule has 0 amide bonds. The average molecular weight is 426 g/mol. The number of hydrogen-bond donors (Lipinski definition) is 0. The summed E-state index contributed by atoms with van der Waals surface area (Å²) in [5, 5.41) is 0. The molecule has 1 aliphatic rings. The van der Waals surface area contributed by atoms with Crippen molar-refractivity contribution in [3.05, 3.63) is 82.3 Å². The molecule has 0 fully saturated rings. The second-order valence-electron chi connectivity index (χ2n) is 8.48. The number of aryl methyl sites for hydroxylation is 3. The second-order valence-corrected chi connectivity index (χ2v) is 8.48. The van der Waals surface area contributed by atoms with Crippen LogP contribution in [-0.2, 0) is 17.6 Å². The highest BCUT2D eigenvalue weighted by Gasteiger charge is 2.27. The summed E-state index contributed by atoms with van der Waals surface area (Å²) in [6.45, 7) is 6.42. The lowest BCUT2D eigenvalue weighted by Crippen LogP contribution is -2.08. The molecule has 0 saturated heterocycles. The third-order valence-electron chi connectivity index (χ3n) is 6.81. The molecule has 2 aromatic carbocycles. The molecule has 0 saturated carbocycles. The van der Waals surface area contributed by atoms with Gasteiger partial charge in [-0.25, -0.2) is 14.8 Å². The van der Waals surface area contributed by atoms with Crippen molar-refractivity contribution in [2.45, 2.75) is 46.1 Å². The Morgan fingerprint density at radius 3 is 2.78 bits per heavy atom. The smallest absolute Gasteiger partial charge is 0.338 e. The lowest BCUT2D eigenvalue weighted by atomic mass is 9.96. The minimum atomic E-state index is -0.313. The van der Waals surface area contributed by atoms with Gasteiger partial charge in [-0.15, -0.1) is 0 Å². The fourth-order valence-corrected chi connectivity index (χ4v) is 5.19. The van der Waals surface area contributed by atoms with E-state index in [0.717, 1.165) is 47.2 Å². The van der Waals surface area contributed by atoms with Gasteiger partial charge in [-0.1, -0.05) is 43.3 Å². The summed E-state index contributed by atoms with van der Waals surface area (Å²) in [7, 11) is 1.42. The number of rotatable bonds is 4. The summed E-state index contributed by atoms with van der Waals surface area (Å²) in [6.07, 6.45) is 4.91. The molecule has 32 heavy (non-hydrogen) atoms. The lowest BCUT2D eigenvalue weighted by molar-refractivity contribution is 0.0601. The normalized spacial score (nSPS) is 15.2. The van der Waals surface area contributed by atoms with Crippen LogP contribution in [0.3, 0.4) is 0 Å². The van der Waals surface area contributed by atoms with Crippen molar-refractivity contribution in [2.24, 2.45) is 0 Å². The van der Waals surface area contributed by atoms with Crippen LogP contribution < -0.4 is 0 Å². The van der Waals surface area contributed by atoms with Gasteiger partial charge in [0.05, 0.1) is 25.0 Å². The maximum Gasteiger partial charge on any atom is 0.338 e. The zero-order valence-electron chi connectivity index (χ0n) is 19.0. The number of hydrogen-bond acceptors (Lipinski definition) is 4.